The molecule has 1 unspecified atom stereocenters. The molecule has 0 aromatic heterocycles. The molecule has 14 heavy (non-hydrogen) atoms. The first-order valence-corrected chi connectivity index (χ1v) is 5.83. The van der Waals surface area contributed by atoms with E-state index in [0.717, 1.165) is 12.8 Å². The molecule has 0 radical (unpaired) electrons. The predicted octanol–water partition coefficient (Wildman–Crippen LogP) is 3.34. The highest BCUT2D eigenvalue weighted by molar-refractivity contribution is 7.27. The molecule has 0 aliphatic heterocycles. The largest absolute Gasteiger partial charge is 0.480 e. The summed E-state index contributed by atoms with van der Waals surface area (Å²) in [5.74, 6) is -0.956. The van der Waals surface area contributed by atoms with E-state index in [4.69, 9.17) is 0 Å². The number of aliphatic carboxylic acids is 1. The van der Waals surface area contributed by atoms with Gasteiger partial charge in [0.05, 0.1) is 0 Å². The van der Waals surface area contributed by atoms with E-state index in [1.807, 2.05) is 20.8 Å². The zero-order chi connectivity index (χ0) is 11.4. The van der Waals surface area contributed by atoms with Gasteiger partial charge in [0.25, 0.3) is 0 Å². The van der Waals surface area contributed by atoms with Crippen LogP contribution in [0.15, 0.2) is 0 Å². The molecule has 0 rings (SSSR count). The fraction of sp³-hybridized carbons (Fsp3) is 0.900. The zero-order valence-electron chi connectivity index (χ0n) is 9.33. The van der Waals surface area contributed by atoms with Gasteiger partial charge in [0.2, 0.25) is 0 Å². The van der Waals surface area contributed by atoms with Crippen molar-refractivity contribution < 1.29 is 14.5 Å². The normalized spacial score (nSPS) is 16.6. The Bertz CT molecular complexity index is 223. The monoisotopic (exact) mass is 218 g/mol. The van der Waals surface area contributed by atoms with Crippen LogP contribution in [0.3, 0.4) is 0 Å². The molecule has 0 aromatic carbocycles. The topological polar surface area (TPSA) is 54.4 Å². The Balaban J connectivity index is 5.36. The first-order valence-electron chi connectivity index (χ1n) is 5.02. The van der Waals surface area contributed by atoms with Gasteiger partial charge in [-0.2, -0.15) is 0 Å². The first-order chi connectivity index (χ1) is 6.44. The van der Waals surface area contributed by atoms with E-state index < -0.39 is 16.5 Å². The molecule has 0 aromatic rings. The third-order valence-corrected chi connectivity index (χ3v) is 4.94. The van der Waals surface area contributed by atoms with Gasteiger partial charge in [-0.3, -0.25) is 9.36 Å². The summed E-state index contributed by atoms with van der Waals surface area (Å²) in [6, 6.07) is 0. The standard InChI is InChI=1S/C10H19O3P/c1-5-9(4,6-2)10(7-3,14-13)8(11)12/h5-7H2,1-4H3,(H,11,12). The van der Waals surface area contributed by atoms with Gasteiger partial charge in [-0.15, -0.1) is 0 Å². The molecule has 0 saturated heterocycles. The van der Waals surface area contributed by atoms with E-state index in [2.05, 4.69) is 0 Å². The van der Waals surface area contributed by atoms with Crippen LogP contribution in [0, 0.1) is 5.41 Å². The van der Waals surface area contributed by atoms with Crippen LogP contribution in [-0.4, -0.2) is 16.2 Å². The molecule has 3 nitrogen and oxygen atoms in total. The third kappa shape index (κ3) is 1.83. The van der Waals surface area contributed by atoms with Crippen LogP contribution in [-0.2, 0) is 9.36 Å². The molecule has 1 atom stereocenters. The summed E-state index contributed by atoms with van der Waals surface area (Å²) in [5, 5.41) is 8.09. The van der Waals surface area contributed by atoms with E-state index in [-0.39, 0.29) is 8.46 Å². The predicted molar refractivity (Wildman–Crippen MR) is 57.0 cm³/mol. The van der Waals surface area contributed by atoms with Crippen molar-refractivity contribution in [2.75, 3.05) is 0 Å². The molecule has 0 fully saturated rings. The maximum Gasteiger partial charge on any atom is 0.321 e. The van der Waals surface area contributed by atoms with Gasteiger partial charge in [0, 0.05) is 0 Å². The SMILES string of the molecule is CCC(C)(CC)C(CC)(P=O)C(=O)O. The van der Waals surface area contributed by atoms with Gasteiger partial charge in [0.1, 0.15) is 0 Å². The van der Waals surface area contributed by atoms with E-state index in [1.165, 1.54) is 0 Å². The molecule has 0 amide bonds. The minimum Gasteiger partial charge on any atom is -0.480 e. The summed E-state index contributed by atoms with van der Waals surface area (Å²) < 4.78 is 11.2. The maximum atomic E-state index is 11.2. The number of carboxylic acids is 1. The van der Waals surface area contributed by atoms with Crippen molar-refractivity contribution >= 4 is 14.4 Å². The molecule has 0 bridgehead atoms. The van der Waals surface area contributed by atoms with Crippen molar-refractivity contribution in [1.82, 2.24) is 0 Å². The van der Waals surface area contributed by atoms with Crippen molar-refractivity contribution in [2.24, 2.45) is 5.41 Å². The lowest BCUT2D eigenvalue weighted by atomic mass is 9.71. The van der Waals surface area contributed by atoms with Crippen LogP contribution in [0.5, 0.6) is 0 Å². The molecular weight excluding hydrogens is 199 g/mol. The minimum absolute atomic E-state index is 0.276. The molecule has 0 spiro atoms. The average molecular weight is 218 g/mol. The highest BCUT2D eigenvalue weighted by Crippen LogP contribution is 2.48. The van der Waals surface area contributed by atoms with Gasteiger partial charge in [-0.1, -0.05) is 27.7 Å². The van der Waals surface area contributed by atoms with Crippen LogP contribution in [0.4, 0.5) is 0 Å². The molecule has 0 aliphatic carbocycles. The number of carbonyl (C=O) groups is 1. The summed E-state index contributed by atoms with van der Waals surface area (Å²) >= 11 is 0. The Morgan fingerprint density at radius 3 is 1.71 bits per heavy atom. The zero-order valence-corrected chi connectivity index (χ0v) is 10.2. The second-order valence-corrected chi connectivity index (χ2v) is 4.82. The van der Waals surface area contributed by atoms with Gasteiger partial charge >= 0.3 is 5.97 Å². The number of hydrogen-bond acceptors (Lipinski definition) is 2. The van der Waals surface area contributed by atoms with E-state index in [1.54, 1.807) is 6.92 Å². The first kappa shape index (κ1) is 13.6. The van der Waals surface area contributed by atoms with Crippen molar-refractivity contribution in [2.45, 2.75) is 52.1 Å². The van der Waals surface area contributed by atoms with Crippen LogP contribution in [0.1, 0.15) is 47.0 Å². The Hall–Kier alpha value is -0.430. The molecule has 0 aliphatic rings. The van der Waals surface area contributed by atoms with E-state index in [0.29, 0.717) is 6.42 Å². The maximum absolute atomic E-state index is 11.2. The van der Waals surface area contributed by atoms with Crippen molar-refractivity contribution in [3.05, 3.63) is 0 Å². The van der Waals surface area contributed by atoms with Gasteiger partial charge in [-0.25, -0.2) is 0 Å². The van der Waals surface area contributed by atoms with Crippen LogP contribution < -0.4 is 0 Å². The second kappa shape index (κ2) is 4.88. The lowest BCUT2D eigenvalue weighted by molar-refractivity contribution is -0.144. The van der Waals surface area contributed by atoms with Crippen LogP contribution >= 0.6 is 8.46 Å². The van der Waals surface area contributed by atoms with Crippen LogP contribution in [0.25, 0.3) is 0 Å². The van der Waals surface area contributed by atoms with E-state index >= 15 is 0 Å². The molecule has 4 heteroatoms. The summed E-state index contributed by atoms with van der Waals surface area (Å²) in [4.78, 5) is 11.2. The summed E-state index contributed by atoms with van der Waals surface area (Å²) in [6.45, 7) is 7.57. The van der Waals surface area contributed by atoms with Gasteiger partial charge < -0.3 is 5.11 Å². The molecule has 1 N–H and O–H groups in total. The lowest BCUT2D eigenvalue weighted by Gasteiger charge is -2.39. The van der Waals surface area contributed by atoms with Crippen LogP contribution in [0.2, 0.25) is 0 Å². The third-order valence-electron chi connectivity index (χ3n) is 3.58. The fourth-order valence-corrected chi connectivity index (χ4v) is 2.63. The molecule has 82 valence electrons. The minimum atomic E-state index is -1.13. The second-order valence-electron chi connectivity index (χ2n) is 3.88. The lowest BCUT2D eigenvalue weighted by Crippen LogP contribution is -2.47. The Kier molecular flexibility index (Phi) is 4.73. The number of carboxylic acid groups (broad SMARTS) is 1. The summed E-state index contributed by atoms with van der Waals surface area (Å²) in [6.07, 6.45) is 1.84. The van der Waals surface area contributed by atoms with Gasteiger partial charge in [0.15, 0.2) is 13.6 Å². The number of rotatable bonds is 6. The van der Waals surface area contributed by atoms with E-state index in [9.17, 15) is 14.5 Å². The Morgan fingerprint density at radius 1 is 1.21 bits per heavy atom. The van der Waals surface area contributed by atoms with Gasteiger partial charge in [-0.05, 0) is 24.7 Å². The molecule has 0 saturated carbocycles. The van der Waals surface area contributed by atoms with Crippen molar-refractivity contribution in [3.63, 3.8) is 0 Å². The average Bonchev–Trinajstić information content (AvgIpc) is 2.19. The fourth-order valence-electron chi connectivity index (χ4n) is 1.88. The summed E-state index contributed by atoms with van der Waals surface area (Å²) in [7, 11) is -0.276. The van der Waals surface area contributed by atoms with Crippen molar-refractivity contribution in [3.8, 4) is 0 Å². The Labute approximate surface area is 87.1 Å². The quantitative estimate of drug-likeness (QED) is 0.695. The summed E-state index contributed by atoms with van der Waals surface area (Å²) in [5.41, 5.74) is -0.406. The molecular formula is C10H19O3P. The smallest absolute Gasteiger partial charge is 0.321 e. The Morgan fingerprint density at radius 2 is 1.64 bits per heavy atom. The highest BCUT2D eigenvalue weighted by Gasteiger charge is 2.52. The van der Waals surface area contributed by atoms with Crippen molar-refractivity contribution in [1.29, 1.82) is 0 Å². The highest BCUT2D eigenvalue weighted by atomic mass is 31.1. The number of hydrogen-bond donors (Lipinski definition) is 1. The molecule has 0 heterocycles.